The van der Waals surface area contributed by atoms with Crippen LogP contribution < -0.4 is 10.5 Å². The Kier molecular flexibility index (Phi) is 4.44. The second-order valence-electron chi connectivity index (χ2n) is 4.76. The number of hydrogen-bond donors (Lipinski definition) is 2. The van der Waals surface area contributed by atoms with E-state index in [9.17, 15) is 8.42 Å². The van der Waals surface area contributed by atoms with Crippen LogP contribution in [0.5, 0.6) is 0 Å². The molecular formula is C11H17BrN4O2S. The number of nitrogens with zero attached hydrogens (tertiary/aromatic N) is 2. The average Bonchev–Trinajstić information content (AvgIpc) is 2.31. The second kappa shape index (κ2) is 5.74. The van der Waals surface area contributed by atoms with Gasteiger partial charge in [0.2, 0.25) is 10.0 Å². The predicted molar refractivity (Wildman–Crippen MR) is 77.2 cm³/mol. The van der Waals surface area contributed by atoms with Gasteiger partial charge in [-0.05, 0) is 48.4 Å². The first kappa shape index (κ1) is 14.7. The highest BCUT2D eigenvalue weighted by molar-refractivity contribution is 9.10. The van der Waals surface area contributed by atoms with E-state index in [0.29, 0.717) is 11.0 Å². The summed E-state index contributed by atoms with van der Waals surface area (Å²) in [7, 11) is -1.65. The fourth-order valence-corrected chi connectivity index (χ4v) is 4.04. The van der Waals surface area contributed by atoms with Crippen molar-refractivity contribution in [2.24, 2.45) is 0 Å². The minimum Gasteiger partial charge on any atom is -0.383 e. The first-order chi connectivity index (χ1) is 8.88. The monoisotopic (exact) mass is 348 g/mol. The van der Waals surface area contributed by atoms with Crippen molar-refractivity contribution in [3.8, 4) is 0 Å². The van der Waals surface area contributed by atoms with Crippen LogP contribution in [0.25, 0.3) is 0 Å². The maximum atomic E-state index is 12.3. The molecule has 0 aliphatic carbocycles. The third-order valence-electron chi connectivity index (χ3n) is 3.08. The molecule has 1 aliphatic heterocycles. The van der Waals surface area contributed by atoms with Crippen LogP contribution in [0.3, 0.4) is 0 Å². The largest absolute Gasteiger partial charge is 0.383 e. The van der Waals surface area contributed by atoms with E-state index in [1.165, 1.54) is 12.3 Å². The molecule has 0 amide bonds. The molecule has 2 heterocycles. The number of anilines is 1. The van der Waals surface area contributed by atoms with Crippen LogP contribution in [0.2, 0.25) is 0 Å². The van der Waals surface area contributed by atoms with Crippen molar-refractivity contribution in [1.82, 2.24) is 14.6 Å². The highest BCUT2D eigenvalue weighted by atomic mass is 79.9. The van der Waals surface area contributed by atoms with Crippen molar-refractivity contribution in [3.05, 3.63) is 16.7 Å². The Bertz CT molecular complexity index is 564. The van der Waals surface area contributed by atoms with Crippen molar-refractivity contribution in [2.75, 3.05) is 25.9 Å². The molecular weight excluding hydrogens is 332 g/mol. The fourth-order valence-electron chi connectivity index (χ4n) is 2.19. The summed E-state index contributed by atoms with van der Waals surface area (Å²) in [6.07, 6.45) is 3.30. The molecule has 2 rings (SSSR count). The zero-order valence-electron chi connectivity index (χ0n) is 10.6. The number of pyridine rings is 1. The SMILES string of the molecule is CN1CCCC(NS(=O)(=O)c2cc(Br)cnc2N)C1. The molecule has 1 aromatic rings. The lowest BCUT2D eigenvalue weighted by Crippen LogP contribution is -2.46. The summed E-state index contributed by atoms with van der Waals surface area (Å²) in [6.45, 7) is 1.71. The first-order valence-electron chi connectivity index (χ1n) is 6.00. The number of aromatic nitrogens is 1. The average molecular weight is 349 g/mol. The van der Waals surface area contributed by atoms with Gasteiger partial charge in [0.25, 0.3) is 0 Å². The molecule has 19 heavy (non-hydrogen) atoms. The summed E-state index contributed by atoms with van der Waals surface area (Å²) >= 11 is 3.21. The maximum Gasteiger partial charge on any atom is 0.244 e. The molecule has 8 heteroatoms. The minimum atomic E-state index is -3.63. The number of nitrogens with one attached hydrogen (secondary N) is 1. The number of nitrogen functional groups attached to an aromatic ring is 1. The van der Waals surface area contributed by atoms with E-state index >= 15 is 0 Å². The molecule has 0 spiro atoms. The molecule has 106 valence electrons. The van der Waals surface area contributed by atoms with Crippen molar-refractivity contribution in [2.45, 2.75) is 23.8 Å². The molecule has 6 nitrogen and oxygen atoms in total. The zero-order valence-corrected chi connectivity index (χ0v) is 13.0. The first-order valence-corrected chi connectivity index (χ1v) is 8.28. The van der Waals surface area contributed by atoms with Gasteiger partial charge in [-0.3, -0.25) is 0 Å². The minimum absolute atomic E-state index is 0.0138. The van der Waals surface area contributed by atoms with Gasteiger partial charge in [0.05, 0.1) is 0 Å². The number of nitrogens with two attached hydrogens (primary N) is 1. The van der Waals surface area contributed by atoms with Crippen LogP contribution >= 0.6 is 15.9 Å². The van der Waals surface area contributed by atoms with Gasteiger partial charge in [-0.2, -0.15) is 0 Å². The standard InChI is InChI=1S/C11H17BrN4O2S/c1-16-4-2-3-9(7-16)15-19(17,18)10-5-8(12)6-14-11(10)13/h5-6,9,15H,2-4,7H2,1H3,(H2,13,14). The number of piperidine rings is 1. The third kappa shape index (κ3) is 3.65. The van der Waals surface area contributed by atoms with Crippen LogP contribution in [-0.4, -0.2) is 44.5 Å². The van der Waals surface area contributed by atoms with E-state index in [0.717, 1.165) is 19.4 Å². The number of likely N-dealkylation sites (tertiary alicyclic amines) is 1. The zero-order chi connectivity index (χ0) is 14.0. The molecule has 1 unspecified atom stereocenters. The van der Waals surface area contributed by atoms with Gasteiger partial charge in [0.15, 0.2) is 0 Å². The molecule has 1 saturated heterocycles. The lowest BCUT2D eigenvalue weighted by atomic mass is 10.1. The Hall–Kier alpha value is -0.700. The maximum absolute atomic E-state index is 12.3. The molecule has 0 bridgehead atoms. The molecule has 1 aromatic heterocycles. The van der Waals surface area contributed by atoms with E-state index in [-0.39, 0.29) is 16.8 Å². The molecule has 3 N–H and O–H groups in total. The number of likely N-dealkylation sites (N-methyl/N-ethyl adjacent to an activating group) is 1. The molecule has 1 aliphatic rings. The summed E-state index contributed by atoms with van der Waals surface area (Å²) in [6, 6.07) is 1.39. The molecule has 1 atom stereocenters. The van der Waals surface area contributed by atoms with E-state index < -0.39 is 10.0 Å². The summed E-state index contributed by atoms with van der Waals surface area (Å²) in [5.74, 6) is 0.0138. The summed E-state index contributed by atoms with van der Waals surface area (Å²) in [4.78, 5) is 5.99. The van der Waals surface area contributed by atoms with Gasteiger partial charge in [0.1, 0.15) is 10.7 Å². The lowest BCUT2D eigenvalue weighted by Gasteiger charge is -2.30. The normalized spacial score (nSPS) is 21.5. The van der Waals surface area contributed by atoms with Gasteiger partial charge < -0.3 is 10.6 Å². The number of halogens is 1. The van der Waals surface area contributed by atoms with Gasteiger partial charge in [-0.25, -0.2) is 18.1 Å². The van der Waals surface area contributed by atoms with Gasteiger partial charge in [-0.1, -0.05) is 0 Å². The topological polar surface area (TPSA) is 88.3 Å². The summed E-state index contributed by atoms with van der Waals surface area (Å²) in [5, 5.41) is 0. The van der Waals surface area contributed by atoms with E-state index in [1.807, 2.05) is 7.05 Å². The Labute approximate surface area is 121 Å². The highest BCUT2D eigenvalue weighted by Gasteiger charge is 2.25. The Morgan fingerprint density at radius 3 is 3.00 bits per heavy atom. The lowest BCUT2D eigenvalue weighted by molar-refractivity contribution is 0.242. The van der Waals surface area contributed by atoms with Crippen LogP contribution in [0.4, 0.5) is 5.82 Å². The van der Waals surface area contributed by atoms with E-state index in [2.05, 4.69) is 30.5 Å². The fraction of sp³-hybridized carbons (Fsp3) is 0.545. The van der Waals surface area contributed by atoms with Gasteiger partial charge >= 0.3 is 0 Å². The Morgan fingerprint density at radius 1 is 1.58 bits per heavy atom. The van der Waals surface area contributed by atoms with Crippen molar-refractivity contribution in [1.29, 1.82) is 0 Å². The van der Waals surface area contributed by atoms with Crippen LogP contribution in [0.1, 0.15) is 12.8 Å². The number of rotatable bonds is 3. The van der Waals surface area contributed by atoms with Crippen molar-refractivity contribution in [3.63, 3.8) is 0 Å². The van der Waals surface area contributed by atoms with Crippen LogP contribution in [0.15, 0.2) is 21.6 Å². The number of sulfonamides is 1. The highest BCUT2D eigenvalue weighted by Crippen LogP contribution is 2.21. The molecule has 0 aromatic carbocycles. The second-order valence-corrected chi connectivity index (χ2v) is 7.36. The summed E-state index contributed by atoms with van der Waals surface area (Å²) in [5.41, 5.74) is 5.65. The third-order valence-corrected chi connectivity index (χ3v) is 5.07. The van der Waals surface area contributed by atoms with Crippen molar-refractivity contribution < 1.29 is 8.42 Å². The van der Waals surface area contributed by atoms with E-state index in [4.69, 9.17) is 5.73 Å². The Balaban J connectivity index is 2.20. The quantitative estimate of drug-likeness (QED) is 0.843. The predicted octanol–water partition coefficient (Wildman–Crippen LogP) is 0.799. The van der Waals surface area contributed by atoms with Gasteiger partial charge in [0, 0.05) is 23.3 Å². The smallest absolute Gasteiger partial charge is 0.244 e. The molecule has 1 fully saturated rings. The number of hydrogen-bond acceptors (Lipinski definition) is 5. The van der Waals surface area contributed by atoms with Gasteiger partial charge in [-0.15, -0.1) is 0 Å². The Morgan fingerprint density at radius 2 is 2.32 bits per heavy atom. The van der Waals surface area contributed by atoms with Crippen LogP contribution in [0, 0.1) is 0 Å². The molecule has 0 radical (unpaired) electrons. The van der Waals surface area contributed by atoms with Crippen molar-refractivity contribution >= 4 is 31.8 Å². The van der Waals surface area contributed by atoms with E-state index in [1.54, 1.807) is 0 Å². The molecule has 0 saturated carbocycles. The van der Waals surface area contributed by atoms with Crippen LogP contribution in [-0.2, 0) is 10.0 Å². The summed E-state index contributed by atoms with van der Waals surface area (Å²) < 4.78 is 27.9.